The largest absolute Gasteiger partial charge is 0.462 e. The summed E-state index contributed by atoms with van der Waals surface area (Å²) in [6.45, 7) is 0. The van der Waals surface area contributed by atoms with E-state index in [1.165, 1.54) is 18.3 Å². The van der Waals surface area contributed by atoms with E-state index >= 15 is 0 Å². The number of allylic oxidation sites excluding steroid dienone is 4. The first kappa shape index (κ1) is 11.0. The second kappa shape index (κ2) is 4.19. The molecule has 0 fully saturated rings. The van der Waals surface area contributed by atoms with E-state index in [1.807, 2.05) is 0 Å². The van der Waals surface area contributed by atoms with Crippen LogP contribution in [0.3, 0.4) is 0 Å². The molecule has 3 nitrogen and oxygen atoms in total. The molecule has 82 valence electrons. The molecule has 2 N–H and O–H groups in total. The number of pyridine rings is 1. The van der Waals surface area contributed by atoms with Crippen LogP contribution in [-0.2, 0) is 5.67 Å². The van der Waals surface area contributed by atoms with Crippen molar-refractivity contribution in [3.8, 4) is 0 Å². The highest BCUT2D eigenvalue weighted by molar-refractivity contribution is 6.44. The molecule has 2 unspecified atom stereocenters. The van der Waals surface area contributed by atoms with Crippen LogP contribution in [0.2, 0.25) is 5.82 Å². The van der Waals surface area contributed by atoms with E-state index in [9.17, 15) is 14.4 Å². The number of halogens is 1. The number of alkyl halides is 1. The van der Waals surface area contributed by atoms with Gasteiger partial charge in [0, 0.05) is 18.0 Å². The number of aromatic nitrogens is 1. The molecule has 0 radical (unpaired) electrons. The first-order chi connectivity index (χ1) is 7.64. The van der Waals surface area contributed by atoms with Gasteiger partial charge in [-0.05, 0) is 12.1 Å². The van der Waals surface area contributed by atoms with Gasteiger partial charge in [-0.3, -0.25) is 4.98 Å². The van der Waals surface area contributed by atoms with E-state index in [2.05, 4.69) is 4.98 Å². The van der Waals surface area contributed by atoms with Crippen molar-refractivity contribution in [2.24, 2.45) is 0 Å². The fraction of sp³-hybridized carbons (Fsp3) is 0.182. The summed E-state index contributed by atoms with van der Waals surface area (Å²) < 4.78 is 14.7. The van der Waals surface area contributed by atoms with Crippen molar-refractivity contribution >= 4 is 7.12 Å². The van der Waals surface area contributed by atoms with Gasteiger partial charge in [0.25, 0.3) is 0 Å². The molecule has 16 heavy (non-hydrogen) atoms. The third-order valence-corrected chi connectivity index (χ3v) is 2.68. The van der Waals surface area contributed by atoms with Crippen LogP contribution in [0.5, 0.6) is 0 Å². The van der Waals surface area contributed by atoms with Gasteiger partial charge in [0.05, 0.1) is 5.82 Å². The van der Waals surface area contributed by atoms with Crippen LogP contribution in [0.15, 0.2) is 48.8 Å². The molecule has 0 aliphatic heterocycles. The number of hydrogen-bond donors (Lipinski definition) is 2. The Labute approximate surface area is 93.1 Å². The molecule has 0 aromatic carbocycles. The predicted molar refractivity (Wildman–Crippen MR) is 59.2 cm³/mol. The first-order valence-corrected chi connectivity index (χ1v) is 4.96. The minimum Gasteiger partial charge on any atom is -0.427 e. The Balaban J connectivity index is 2.43. The lowest BCUT2D eigenvalue weighted by Crippen LogP contribution is -2.35. The van der Waals surface area contributed by atoms with E-state index < -0.39 is 18.6 Å². The molecular formula is C11H11BFNO2. The fourth-order valence-corrected chi connectivity index (χ4v) is 1.83. The Morgan fingerprint density at radius 2 is 2.19 bits per heavy atom. The molecule has 1 aliphatic rings. The monoisotopic (exact) mass is 219 g/mol. The Bertz CT molecular complexity index is 421. The molecule has 1 aromatic heterocycles. The van der Waals surface area contributed by atoms with E-state index in [4.69, 9.17) is 0 Å². The Kier molecular flexibility index (Phi) is 2.89. The molecule has 0 saturated heterocycles. The van der Waals surface area contributed by atoms with Gasteiger partial charge in [0.1, 0.15) is 0 Å². The van der Waals surface area contributed by atoms with E-state index in [-0.39, 0.29) is 0 Å². The maximum atomic E-state index is 14.7. The molecule has 2 atom stereocenters. The average Bonchev–Trinajstić information content (AvgIpc) is 2.30. The molecule has 1 heterocycles. The van der Waals surface area contributed by atoms with Gasteiger partial charge >= 0.3 is 7.12 Å². The minimum absolute atomic E-state index is 0.314. The predicted octanol–water partition coefficient (Wildman–Crippen LogP) is 1.22. The SMILES string of the molecule is OB(O)C1C=CC=CC1(F)c1cccnc1. The summed E-state index contributed by atoms with van der Waals surface area (Å²) in [7, 11) is -1.74. The van der Waals surface area contributed by atoms with Crippen LogP contribution in [0.1, 0.15) is 5.56 Å². The van der Waals surface area contributed by atoms with Gasteiger partial charge in [0.15, 0.2) is 5.67 Å². The Morgan fingerprint density at radius 3 is 2.81 bits per heavy atom. The lowest BCUT2D eigenvalue weighted by atomic mass is 9.61. The molecule has 5 heteroatoms. The van der Waals surface area contributed by atoms with Crippen molar-refractivity contribution in [3.63, 3.8) is 0 Å². The average molecular weight is 219 g/mol. The van der Waals surface area contributed by atoms with Crippen molar-refractivity contribution in [1.29, 1.82) is 0 Å². The number of hydrogen-bond acceptors (Lipinski definition) is 3. The summed E-state index contributed by atoms with van der Waals surface area (Å²) in [6.07, 6.45) is 8.83. The molecule has 0 amide bonds. The lowest BCUT2D eigenvalue weighted by Gasteiger charge is -2.30. The maximum absolute atomic E-state index is 14.7. The van der Waals surface area contributed by atoms with Gasteiger partial charge < -0.3 is 10.0 Å². The molecule has 1 aliphatic carbocycles. The van der Waals surface area contributed by atoms with Crippen LogP contribution in [-0.4, -0.2) is 22.2 Å². The maximum Gasteiger partial charge on any atom is 0.462 e. The fourth-order valence-electron chi connectivity index (χ4n) is 1.83. The summed E-state index contributed by atoms with van der Waals surface area (Å²) in [6, 6.07) is 3.19. The van der Waals surface area contributed by atoms with Crippen molar-refractivity contribution in [2.75, 3.05) is 0 Å². The molecule has 0 saturated carbocycles. The molecular weight excluding hydrogens is 208 g/mol. The van der Waals surface area contributed by atoms with Gasteiger partial charge in [0.2, 0.25) is 0 Å². The van der Waals surface area contributed by atoms with Crippen LogP contribution in [0, 0.1) is 0 Å². The summed E-state index contributed by atoms with van der Waals surface area (Å²) >= 11 is 0. The highest BCUT2D eigenvalue weighted by atomic mass is 19.1. The van der Waals surface area contributed by atoms with Crippen LogP contribution in [0.4, 0.5) is 4.39 Å². The second-order valence-corrected chi connectivity index (χ2v) is 3.69. The summed E-state index contributed by atoms with van der Waals surface area (Å²) in [5.41, 5.74) is -1.61. The van der Waals surface area contributed by atoms with E-state index in [1.54, 1.807) is 30.5 Å². The summed E-state index contributed by atoms with van der Waals surface area (Å²) in [4.78, 5) is 3.84. The third kappa shape index (κ3) is 1.79. The molecule has 0 bridgehead atoms. The second-order valence-electron chi connectivity index (χ2n) is 3.69. The van der Waals surface area contributed by atoms with Crippen molar-refractivity contribution in [1.82, 2.24) is 4.98 Å². The normalized spacial score (nSPS) is 28.1. The lowest BCUT2D eigenvalue weighted by molar-refractivity contribution is 0.210. The zero-order valence-corrected chi connectivity index (χ0v) is 8.49. The van der Waals surface area contributed by atoms with Crippen molar-refractivity contribution < 1.29 is 14.4 Å². The highest BCUT2D eigenvalue weighted by Crippen LogP contribution is 2.43. The molecule has 2 rings (SSSR count). The van der Waals surface area contributed by atoms with E-state index in [0.29, 0.717) is 5.56 Å². The topological polar surface area (TPSA) is 53.4 Å². The smallest absolute Gasteiger partial charge is 0.427 e. The highest BCUT2D eigenvalue weighted by Gasteiger charge is 2.44. The standard InChI is InChI=1S/C11H11BFNO2/c13-11(9-4-3-7-14-8-9)6-2-1-5-10(11)12(15)16/h1-8,10,15-16H. The van der Waals surface area contributed by atoms with Crippen LogP contribution in [0.25, 0.3) is 0 Å². The van der Waals surface area contributed by atoms with Crippen molar-refractivity contribution in [3.05, 3.63) is 54.4 Å². The van der Waals surface area contributed by atoms with Gasteiger partial charge in [-0.2, -0.15) is 0 Å². The minimum atomic E-state index is -1.92. The zero-order valence-electron chi connectivity index (χ0n) is 8.49. The summed E-state index contributed by atoms with van der Waals surface area (Å²) in [5.74, 6) is -1.01. The van der Waals surface area contributed by atoms with Gasteiger partial charge in [-0.25, -0.2) is 4.39 Å². The quantitative estimate of drug-likeness (QED) is 0.735. The van der Waals surface area contributed by atoms with Crippen LogP contribution < -0.4 is 0 Å². The van der Waals surface area contributed by atoms with Gasteiger partial charge in [-0.1, -0.05) is 24.3 Å². The first-order valence-electron chi connectivity index (χ1n) is 4.96. The Hall–Kier alpha value is -1.46. The zero-order chi connectivity index (χ0) is 11.6. The van der Waals surface area contributed by atoms with Gasteiger partial charge in [-0.15, -0.1) is 0 Å². The molecule has 0 spiro atoms. The number of nitrogens with zero attached hydrogens (tertiary/aromatic N) is 1. The number of rotatable bonds is 2. The molecule has 1 aromatic rings. The summed E-state index contributed by atoms with van der Waals surface area (Å²) in [5, 5.41) is 18.4. The van der Waals surface area contributed by atoms with E-state index in [0.717, 1.165) is 0 Å². The van der Waals surface area contributed by atoms with Crippen molar-refractivity contribution in [2.45, 2.75) is 11.5 Å². The van der Waals surface area contributed by atoms with Crippen LogP contribution >= 0.6 is 0 Å². The third-order valence-electron chi connectivity index (χ3n) is 2.68. The Morgan fingerprint density at radius 1 is 1.38 bits per heavy atom.